The standard InChI is InChI=1S/C32H8Br8N8.Cu/c33-13-5-1-9-17(21(13)37)29-41-25(9)45-30-18-10(2-6-14(34)22(18)38)27(42-30)47-32-20-12(4-8-16(36)24(20)40)28(44-32)48-31-19-11(26(43-31)46-29)3-7-15(35)23(19)39;/h1-8H;/q-2;+2. The van der Waals surface area contributed by atoms with Crippen LogP contribution in [0.5, 0.6) is 0 Å². The summed E-state index contributed by atoms with van der Waals surface area (Å²) in [6, 6.07) is 15.7. The van der Waals surface area contributed by atoms with Crippen molar-refractivity contribution >= 4 is 172 Å². The molecular formula is C32H8Br8CuN8. The molecule has 0 spiro atoms. The third-order valence-electron chi connectivity index (χ3n) is 7.93. The zero-order valence-corrected chi connectivity index (χ0v) is 37.2. The summed E-state index contributed by atoms with van der Waals surface area (Å²) in [5.74, 6) is 1.81. The Bertz CT molecular complexity index is 2610. The first-order valence-electron chi connectivity index (χ1n) is 13.7. The molecule has 8 nitrogen and oxygen atoms in total. The molecule has 0 saturated heterocycles. The molecular weight excluding hydrogens is 1200 g/mol. The van der Waals surface area contributed by atoms with E-state index in [1.807, 2.05) is 48.5 Å². The molecule has 3 aromatic heterocycles. The van der Waals surface area contributed by atoms with E-state index in [4.69, 9.17) is 39.9 Å². The van der Waals surface area contributed by atoms with E-state index in [2.05, 4.69) is 127 Å². The Morgan fingerprint density at radius 2 is 0.714 bits per heavy atom. The molecule has 9 rings (SSSR count). The second kappa shape index (κ2) is 12.9. The van der Waals surface area contributed by atoms with Crippen molar-refractivity contribution in [1.82, 2.24) is 39.9 Å². The van der Waals surface area contributed by atoms with Gasteiger partial charge in [-0.1, -0.05) is 24.3 Å². The van der Waals surface area contributed by atoms with Gasteiger partial charge < -0.3 is 29.9 Å². The monoisotopic (exact) mass is 1200 g/mol. The number of hydrogen-bond acceptors (Lipinski definition) is 6. The van der Waals surface area contributed by atoms with Crippen LogP contribution in [-0.4, -0.2) is 29.9 Å². The fourth-order valence-electron chi connectivity index (χ4n) is 5.75. The van der Waals surface area contributed by atoms with E-state index in [0.29, 0.717) is 45.9 Å². The molecule has 8 bridgehead atoms. The number of rotatable bonds is 0. The van der Waals surface area contributed by atoms with Gasteiger partial charge in [0.05, 0.1) is 23.3 Å². The minimum absolute atomic E-state index is 0. The Morgan fingerprint density at radius 1 is 0.367 bits per heavy atom. The van der Waals surface area contributed by atoms with E-state index < -0.39 is 0 Å². The van der Waals surface area contributed by atoms with Gasteiger partial charge in [-0.15, -0.1) is 0 Å². The van der Waals surface area contributed by atoms with Gasteiger partial charge in [0.2, 0.25) is 0 Å². The molecule has 17 heteroatoms. The van der Waals surface area contributed by atoms with E-state index in [1.165, 1.54) is 0 Å². The van der Waals surface area contributed by atoms with Gasteiger partial charge in [0.1, 0.15) is 0 Å². The molecule has 0 atom stereocenters. The van der Waals surface area contributed by atoms with Gasteiger partial charge in [-0.25, -0.2) is 9.97 Å². The smallest absolute Gasteiger partial charge is 0.357 e. The molecule has 0 unspecified atom stereocenters. The predicted octanol–water partition coefficient (Wildman–Crippen LogP) is 12.2. The van der Waals surface area contributed by atoms with Crippen molar-refractivity contribution in [3.8, 4) is 45.6 Å². The summed E-state index contributed by atoms with van der Waals surface area (Å²) >= 11 is 29.7. The van der Waals surface area contributed by atoms with E-state index >= 15 is 0 Å². The van der Waals surface area contributed by atoms with Crippen molar-refractivity contribution in [3.05, 3.63) is 84.3 Å². The number of benzene rings is 4. The molecule has 2 aliphatic heterocycles. The van der Waals surface area contributed by atoms with Gasteiger partial charge in [-0.2, -0.15) is 0 Å². The van der Waals surface area contributed by atoms with Crippen molar-refractivity contribution in [2.75, 3.05) is 0 Å². The van der Waals surface area contributed by atoms with Gasteiger partial charge in [-0.05, 0) is 162 Å². The van der Waals surface area contributed by atoms with Crippen molar-refractivity contribution in [2.24, 2.45) is 0 Å². The Hall–Kier alpha value is -1.40. The topological polar surface area (TPSA) is 106 Å². The summed E-state index contributed by atoms with van der Waals surface area (Å²) in [5.41, 5.74) is 4.95. The third kappa shape index (κ3) is 5.43. The number of hydrogen-bond donors (Lipinski definition) is 0. The van der Waals surface area contributed by atoms with Crippen LogP contribution >= 0.6 is 127 Å². The fraction of sp³-hybridized carbons (Fsp3) is 0. The summed E-state index contributed by atoms with van der Waals surface area (Å²) in [6.45, 7) is 0. The maximum atomic E-state index is 5.06. The normalized spacial score (nSPS) is 11.9. The molecule has 0 amide bonds. The molecule has 7 aromatic rings. The largest absolute Gasteiger partial charge is 2.00 e. The van der Waals surface area contributed by atoms with E-state index in [0.717, 1.165) is 79.6 Å². The summed E-state index contributed by atoms with van der Waals surface area (Å²) in [7, 11) is 0. The van der Waals surface area contributed by atoms with Gasteiger partial charge in [-0.3, -0.25) is 0 Å². The third-order valence-corrected chi connectivity index (χ3v) is 16.0. The number of aromatic nitrogens is 8. The van der Waals surface area contributed by atoms with Crippen LogP contribution in [0.3, 0.4) is 0 Å². The Labute approximate surface area is 354 Å². The van der Waals surface area contributed by atoms with Crippen molar-refractivity contribution in [1.29, 1.82) is 0 Å². The molecule has 49 heavy (non-hydrogen) atoms. The van der Waals surface area contributed by atoms with Crippen molar-refractivity contribution in [3.63, 3.8) is 0 Å². The van der Waals surface area contributed by atoms with Crippen molar-refractivity contribution in [2.45, 2.75) is 0 Å². The zero-order valence-electron chi connectivity index (χ0n) is 23.5. The molecule has 5 heterocycles. The first-order chi connectivity index (χ1) is 23.1. The molecule has 243 valence electrons. The van der Waals surface area contributed by atoms with Crippen LogP contribution in [0.25, 0.3) is 89.7 Å². The van der Waals surface area contributed by atoms with Crippen LogP contribution in [-0.2, 0) is 17.1 Å². The zero-order chi connectivity index (χ0) is 33.2. The van der Waals surface area contributed by atoms with Gasteiger partial charge in [0, 0.05) is 91.4 Å². The molecule has 1 radical (unpaired) electrons. The second-order valence-corrected chi connectivity index (χ2v) is 17.2. The average molecular weight is 1210 g/mol. The van der Waals surface area contributed by atoms with E-state index in [9.17, 15) is 0 Å². The van der Waals surface area contributed by atoms with Gasteiger partial charge >= 0.3 is 17.1 Å². The summed E-state index contributed by atoms with van der Waals surface area (Å²) < 4.78 is 6.60. The van der Waals surface area contributed by atoms with Crippen LogP contribution in [0, 0.1) is 0 Å². The van der Waals surface area contributed by atoms with Crippen LogP contribution in [0.4, 0.5) is 0 Å². The van der Waals surface area contributed by atoms with Gasteiger partial charge in [0.15, 0.2) is 0 Å². The molecule has 2 aliphatic rings. The Balaban J connectivity index is 0.00000348. The summed E-state index contributed by atoms with van der Waals surface area (Å²) in [4.78, 5) is 40.1. The molecule has 4 aromatic carbocycles. The minimum Gasteiger partial charge on any atom is -0.357 e. The Kier molecular flexibility index (Phi) is 9.14. The second-order valence-electron chi connectivity index (χ2n) is 10.6. The minimum atomic E-state index is 0. The average Bonchev–Trinajstić information content (AvgIpc) is 3.79. The number of nitrogens with zero attached hydrogens (tertiary/aromatic N) is 8. The SMILES string of the molecule is Brc1ccc2c(c1Br)-c1nc-2nc2[n-]c(nc3nc(nc4[n-]c(n1)c1ccc(Br)c(Br)c41)-c1ccc(Br)c(Br)c1-3)c1ccc(Br)c(Br)c21.[Cu+2]. The van der Waals surface area contributed by atoms with Gasteiger partial charge in [0.25, 0.3) is 0 Å². The summed E-state index contributed by atoms with van der Waals surface area (Å²) in [5, 5.41) is 3.14. The molecule has 0 fully saturated rings. The predicted molar refractivity (Wildman–Crippen MR) is 216 cm³/mol. The molecule has 0 aliphatic carbocycles. The molecule has 0 N–H and O–H groups in total. The number of halogens is 8. The molecule has 0 saturated carbocycles. The van der Waals surface area contributed by atoms with E-state index in [1.54, 1.807) is 0 Å². The first-order valence-corrected chi connectivity index (χ1v) is 20.1. The fourth-order valence-corrected chi connectivity index (χ4v) is 9.17. The van der Waals surface area contributed by atoms with Crippen LogP contribution in [0.1, 0.15) is 0 Å². The first kappa shape index (κ1) is 34.7. The van der Waals surface area contributed by atoms with Crippen LogP contribution < -0.4 is 9.97 Å². The number of fused-ring (bicyclic) bond motifs is 20. The maximum absolute atomic E-state index is 5.06. The quantitative estimate of drug-likeness (QED) is 0.138. The Morgan fingerprint density at radius 3 is 1.12 bits per heavy atom. The van der Waals surface area contributed by atoms with E-state index in [-0.39, 0.29) is 17.1 Å². The summed E-state index contributed by atoms with van der Waals surface area (Å²) in [6.07, 6.45) is 0. The van der Waals surface area contributed by atoms with Crippen LogP contribution in [0.2, 0.25) is 0 Å². The maximum Gasteiger partial charge on any atom is 2.00 e. The van der Waals surface area contributed by atoms with Crippen molar-refractivity contribution < 1.29 is 17.1 Å². The van der Waals surface area contributed by atoms with Crippen LogP contribution in [0.15, 0.2) is 84.3 Å².